The third-order valence-electron chi connectivity index (χ3n) is 3.35. The highest BCUT2D eigenvalue weighted by Gasteiger charge is 2.09. The average molecular weight is 255 g/mol. The van der Waals surface area contributed by atoms with Crippen molar-refractivity contribution < 1.29 is 4.74 Å². The van der Waals surface area contributed by atoms with Gasteiger partial charge in [-0.15, -0.1) is 0 Å². The number of anilines is 1. The van der Waals surface area contributed by atoms with Crippen LogP contribution in [0.15, 0.2) is 36.5 Å². The van der Waals surface area contributed by atoms with Crippen LogP contribution in [0, 0.1) is 0 Å². The van der Waals surface area contributed by atoms with E-state index in [1.807, 2.05) is 12.1 Å². The summed E-state index contributed by atoms with van der Waals surface area (Å²) in [4.78, 5) is 4.29. The fourth-order valence-electron chi connectivity index (χ4n) is 2.26. The second kappa shape index (κ2) is 5.28. The molecule has 0 atom stereocenters. The fraction of sp³-hybridized carbons (Fsp3) is 0.267. The molecule has 2 heterocycles. The molecule has 1 aromatic heterocycles. The summed E-state index contributed by atoms with van der Waals surface area (Å²) in [6, 6.07) is 10.5. The first kappa shape index (κ1) is 12.0. The van der Waals surface area contributed by atoms with Gasteiger partial charge in [-0.1, -0.05) is 18.2 Å². The number of methoxy groups -OCH3 is 1. The first-order valence-electron chi connectivity index (χ1n) is 6.40. The van der Waals surface area contributed by atoms with Crippen LogP contribution in [0.1, 0.15) is 16.7 Å². The van der Waals surface area contributed by atoms with Crippen LogP contribution in [0.4, 0.5) is 5.82 Å². The van der Waals surface area contributed by atoms with E-state index in [1.54, 1.807) is 13.3 Å². The molecular formula is C15H17N3O. The molecule has 3 rings (SSSR count). The van der Waals surface area contributed by atoms with Gasteiger partial charge in [0.15, 0.2) is 0 Å². The molecule has 19 heavy (non-hydrogen) atoms. The number of rotatable bonds is 4. The van der Waals surface area contributed by atoms with Crippen molar-refractivity contribution in [2.24, 2.45) is 0 Å². The van der Waals surface area contributed by atoms with Crippen LogP contribution in [0.5, 0.6) is 5.75 Å². The Morgan fingerprint density at radius 2 is 2.11 bits per heavy atom. The van der Waals surface area contributed by atoms with Gasteiger partial charge < -0.3 is 15.4 Å². The van der Waals surface area contributed by atoms with E-state index in [1.165, 1.54) is 16.7 Å². The Kier molecular flexibility index (Phi) is 3.33. The summed E-state index contributed by atoms with van der Waals surface area (Å²) in [6.07, 6.45) is 1.72. The van der Waals surface area contributed by atoms with E-state index in [2.05, 4.69) is 33.8 Å². The lowest BCUT2D eigenvalue weighted by Crippen LogP contribution is -2.02. The maximum atomic E-state index is 5.09. The zero-order valence-corrected chi connectivity index (χ0v) is 10.9. The van der Waals surface area contributed by atoms with E-state index >= 15 is 0 Å². The maximum absolute atomic E-state index is 5.09. The smallest absolute Gasteiger partial charge is 0.137 e. The number of hydrogen-bond acceptors (Lipinski definition) is 4. The Hall–Kier alpha value is -2.07. The van der Waals surface area contributed by atoms with E-state index in [-0.39, 0.29) is 0 Å². The molecular weight excluding hydrogens is 238 g/mol. The molecule has 2 aromatic rings. The van der Waals surface area contributed by atoms with E-state index in [0.29, 0.717) is 0 Å². The van der Waals surface area contributed by atoms with Gasteiger partial charge in [0.05, 0.1) is 13.3 Å². The van der Waals surface area contributed by atoms with E-state index in [4.69, 9.17) is 4.74 Å². The van der Waals surface area contributed by atoms with Crippen LogP contribution in [0.3, 0.4) is 0 Å². The molecule has 4 heteroatoms. The lowest BCUT2D eigenvalue weighted by atomic mass is 10.1. The molecule has 0 aliphatic carbocycles. The molecule has 0 bridgehead atoms. The first-order chi connectivity index (χ1) is 9.35. The highest BCUT2D eigenvalue weighted by atomic mass is 16.5. The minimum Gasteiger partial charge on any atom is -0.495 e. The lowest BCUT2D eigenvalue weighted by molar-refractivity contribution is 0.413. The predicted molar refractivity (Wildman–Crippen MR) is 75.1 cm³/mol. The average Bonchev–Trinajstić information content (AvgIpc) is 2.93. The molecule has 0 saturated carbocycles. The molecule has 0 unspecified atom stereocenters. The summed E-state index contributed by atoms with van der Waals surface area (Å²) >= 11 is 0. The molecule has 2 N–H and O–H groups in total. The van der Waals surface area contributed by atoms with Crippen molar-refractivity contribution in [3.05, 3.63) is 53.2 Å². The Balaban J connectivity index is 1.65. The number of benzene rings is 1. The van der Waals surface area contributed by atoms with Gasteiger partial charge in [0, 0.05) is 19.6 Å². The summed E-state index contributed by atoms with van der Waals surface area (Å²) in [5.41, 5.74) is 4.09. The largest absolute Gasteiger partial charge is 0.495 e. The van der Waals surface area contributed by atoms with Gasteiger partial charge in [-0.25, -0.2) is 4.98 Å². The van der Waals surface area contributed by atoms with Crippen molar-refractivity contribution in [3.63, 3.8) is 0 Å². The van der Waals surface area contributed by atoms with Crippen LogP contribution in [0.25, 0.3) is 0 Å². The third-order valence-corrected chi connectivity index (χ3v) is 3.35. The van der Waals surface area contributed by atoms with Crippen LogP contribution in [0.2, 0.25) is 0 Å². The Labute approximate surface area is 112 Å². The zero-order chi connectivity index (χ0) is 13.1. The minimum atomic E-state index is 0.772. The number of nitrogens with one attached hydrogen (secondary N) is 2. The monoisotopic (exact) mass is 255 g/mol. The minimum absolute atomic E-state index is 0.772. The first-order valence-corrected chi connectivity index (χ1v) is 6.40. The standard InChI is InChI=1S/C15H17N3O/c1-19-14-4-5-15(18-10-14)17-7-11-2-3-12-8-16-9-13(12)6-11/h2-6,10,16H,7-9H2,1H3,(H,17,18). The lowest BCUT2D eigenvalue weighted by Gasteiger charge is -2.08. The number of aromatic nitrogens is 1. The van der Waals surface area contributed by atoms with Gasteiger partial charge in [0.25, 0.3) is 0 Å². The number of ether oxygens (including phenoxy) is 1. The summed E-state index contributed by atoms with van der Waals surface area (Å²) in [5.74, 6) is 1.63. The molecule has 1 aromatic carbocycles. The van der Waals surface area contributed by atoms with Gasteiger partial charge in [0.1, 0.15) is 11.6 Å². The van der Waals surface area contributed by atoms with Crippen LogP contribution in [-0.4, -0.2) is 12.1 Å². The molecule has 0 fully saturated rings. The van der Waals surface area contributed by atoms with Crippen molar-refractivity contribution in [3.8, 4) is 5.75 Å². The molecule has 1 aliphatic rings. The van der Waals surface area contributed by atoms with Gasteiger partial charge in [-0.05, 0) is 28.8 Å². The SMILES string of the molecule is COc1ccc(NCc2ccc3c(c2)CNC3)nc1. The third kappa shape index (κ3) is 2.69. The summed E-state index contributed by atoms with van der Waals surface area (Å²) in [5, 5.41) is 6.67. The van der Waals surface area contributed by atoms with Crippen LogP contribution < -0.4 is 15.4 Å². The quantitative estimate of drug-likeness (QED) is 0.880. The van der Waals surface area contributed by atoms with E-state index in [9.17, 15) is 0 Å². The van der Waals surface area contributed by atoms with Gasteiger partial charge in [-0.3, -0.25) is 0 Å². The van der Waals surface area contributed by atoms with Crippen molar-refractivity contribution >= 4 is 5.82 Å². The second-order valence-corrected chi connectivity index (χ2v) is 4.64. The highest BCUT2D eigenvalue weighted by molar-refractivity contribution is 5.40. The number of hydrogen-bond donors (Lipinski definition) is 2. The molecule has 0 spiro atoms. The molecule has 1 aliphatic heterocycles. The van der Waals surface area contributed by atoms with Crippen molar-refractivity contribution in [1.82, 2.24) is 10.3 Å². The van der Waals surface area contributed by atoms with Gasteiger partial charge in [0.2, 0.25) is 0 Å². The van der Waals surface area contributed by atoms with E-state index < -0.39 is 0 Å². The van der Waals surface area contributed by atoms with Crippen molar-refractivity contribution in [2.75, 3.05) is 12.4 Å². The fourth-order valence-corrected chi connectivity index (χ4v) is 2.26. The molecule has 4 nitrogen and oxygen atoms in total. The van der Waals surface area contributed by atoms with Gasteiger partial charge in [-0.2, -0.15) is 0 Å². The summed E-state index contributed by atoms with van der Waals surface area (Å²) in [6.45, 7) is 2.75. The summed E-state index contributed by atoms with van der Waals surface area (Å²) < 4.78 is 5.09. The zero-order valence-electron chi connectivity index (χ0n) is 10.9. The van der Waals surface area contributed by atoms with Gasteiger partial charge >= 0.3 is 0 Å². The molecule has 0 amide bonds. The molecule has 98 valence electrons. The summed E-state index contributed by atoms with van der Waals surface area (Å²) in [7, 11) is 1.64. The Bertz CT molecular complexity index is 566. The van der Waals surface area contributed by atoms with Crippen LogP contribution in [-0.2, 0) is 19.6 Å². The maximum Gasteiger partial charge on any atom is 0.137 e. The van der Waals surface area contributed by atoms with Crippen molar-refractivity contribution in [1.29, 1.82) is 0 Å². The normalized spacial score (nSPS) is 13.1. The molecule has 0 radical (unpaired) electrons. The number of nitrogens with zero attached hydrogens (tertiary/aromatic N) is 1. The van der Waals surface area contributed by atoms with Crippen LogP contribution >= 0.6 is 0 Å². The Morgan fingerprint density at radius 1 is 1.21 bits per heavy atom. The topological polar surface area (TPSA) is 46.2 Å². The number of pyridine rings is 1. The predicted octanol–water partition coefficient (Wildman–Crippen LogP) is 2.31. The second-order valence-electron chi connectivity index (χ2n) is 4.64. The Morgan fingerprint density at radius 3 is 2.89 bits per heavy atom. The molecule has 0 saturated heterocycles. The highest BCUT2D eigenvalue weighted by Crippen LogP contribution is 2.18. The van der Waals surface area contributed by atoms with E-state index in [0.717, 1.165) is 31.2 Å². The number of fused-ring (bicyclic) bond motifs is 1. The van der Waals surface area contributed by atoms with Crippen molar-refractivity contribution in [2.45, 2.75) is 19.6 Å².